The summed E-state index contributed by atoms with van der Waals surface area (Å²) in [5, 5.41) is 15.4. The first-order valence-electron chi connectivity index (χ1n) is 9.06. The molecule has 9 heteroatoms. The summed E-state index contributed by atoms with van der Waals surface area (Å²) in [6.45, 7) is 3.50. The second kappa shape index (κ2) is 9.14. The Hall–Kier alpha value is -3.20. The van der Waals surface area contributed by atoms with Crippen LogP contribution in [0.4, 0.5) is 4.79 Å². The van der Waals surface area contributed by atoms with Crippen molar-refractivity contribution < 1.29 is 9.53 Å². The molecule has 28 heavy (non-hydrogen) atoms. The standard InChI is InChI=1S/C19H25N7O2/c1-15(16-7-4-5-8-17(16)26-10-6-9-21-26)22-19(27)24(2)13-18-23-20-14-25(18)11-12-28-3/h4-10,14-15H,11-13H2,1-3H3,(H,22,27). The summed E-state index contributed by atoms with van der Waals surface area (Å²) < 4.78 is 8.76. The molecule has 0 aliphatic rings. The van der Waals surface area contributed by atoms with Crippen molar-refractivity contribution in [2.75, 3.05) is 20.8 Å². The second-order valence-electron chi connectivity index (χ2n) is 6.47. The average Bonchev–Trinajstić information content (AvgIpc) is 3.38. The van der Waals surface area contributed by atoms with Crippen molar-refractivity contribution in [2.24, 2.45) is 0 Å². The van der Waals surface area contributed by atoms with E-state index in [1.807, 2.05) is 48.0 Å². The molecule has 0 spiro atoms. The van der Waals surface area contributed by atoms with E-state index in [1.165, 1.54) is 0 Å². The van der Waals surface area contributed by atoms with Gasteiger partial charge in [-0.15, -0.1) is 10.2 Å². The van der Waals surface area contributed by atoms with E-state index >= 15 is 0 Å². The molecule has 9 nitrogen and oxygen atoms in total. The molecule has 2 aromatic heterocycles. The summed E-state index contributed by atoms with van der Waals surface area (Å²) in [6.07, 6.45) is 5.25. The van der Waals surface area contributed by atoms with Crippen LogP contribution in [-0.4, -0.2) is 56.2 Å². The van der Waals surface area contributed by atoms with Crippen LogP contribution < -0.4 is 5.32 Å². The van der Waals surface area contributed by atoms with Crippen LogP contribution in [0.2, 0.25) is 0 Å². The fourth-order valence-corrected chi connectivity index (χ4v) is 2.91. The van der Waals surface area contributed by atoms with Crippen LogP contribution in [0.15, 0.2) is 49.1 Å². The molecular formula is C19H25N7O2. The highest BCUT2D eigenvalue weighted by Gasteiger charge is 2.18. The maximum absolute atomic E-state index is 12.7. The lowest BCUT2D eigenvalue weighted by Gasteiger charge is -2.23. The van der Waals surface area contributed by atoms with E-state index < -0.39 is 0 Å². The number of nitrogens with zero attached hydrogens (tertiary/aromatic N) is 6. The Bertz CT molecular complexity index is 891. The fraction of sp³-hybridized carbons (Fsp3) is 0.368. The highest BCUT2D eigenvalue weighted by molar-refractivity contribution is 5.74. The van der Waals surface area contributed by atoms with Gasteiger partial charge in [0.25, 0.3) is 0 Å². The Balaban J connectivity index is 1.66. The Morgan fingerprint density at radius 2 is 2.14 bits per heavy atom. The molecule has 0 radical (unpaired) electrons. The van der Waals surface area contributed by atoms with E-state index in [4.69, 9.17) is 4.74 Å². The van der Waals surface area contributed by atoms with Crippen molar-refractivity contribution in [2.45, 2.75) is 26.1 Å². The number of methoxy groups -OCH3 is 1. The van der Waals surface area contributed by atoms with Crippen LogP contribution in [-0.2, 0) is 17.8 Å². The molecule has 3 rings (SSSR count). The van der Waals surface area contributed by atoms with Crippen LogP contribution in [0.5, 0.6) is 0 Å². The molecule has 0 aliphatic heterocycles. The lowest BCUT2D eigenvalue weighted by molar-refractivity contribution is 0.183. The molecule has 1 N–H and O–H groups in total. The fourth-order valence-electron chi connectivity index (χ4n) is 2.91. The molecule has 0 saturated heterocycles. The topological polar surface area (TPSA) is 90.1 Å². The number of ether oxygens (including phenoxy) is 1. The van der Waals surface area contributed by atoms with Crippen LogP contribution in [0.3, 0.4) is 0 Å². The minimum absolute atomic E-state index is 0.191. The van der Waals surface area contributed by atoms with Gasteiger partial charge in [-0.05, 0) is 24.6 Å². The number of amides is 2. The number of carbonyl (C=O) groups is 1. The van der Waals surface area contributed by atoms with Gasteiger partial charge in [-0.25, -0.2) is 9.48 Å². The number of benzene rings is 1. The first kappa shape index (κ1) is 19.6. The largest absolute Gasteiger partial charge is 0.383 e. The maximum atomic E-state index is 12.7. The highest BCUT2D eigenvalue weighted by atomic mass is 16.5. The molecule has 2 amide bonds. The summed E-state index contributed by atoms with van der Waals surface area (Å²) in [6, 6.07) is 9.36. The number of carbonyl (C=O) groups excluding carboxylic acids is 1. The van der Waals surface area contributed by atoms with Crippen molar-refractivity contribution in [1.29, 1.82) is 0 Å². The van der Waals surface area contributed by atoms with Crippen LogP contribution >= 0.6 is 0 Å². The van der Waals surface area contributed by atoms with Gasteiger partial charge in [-0.3, -0.25) is 0 Å². The van der Waals surface area contributed by atoms with Crippen LogP contribution in [0.1, 0.15) is 24.4 Å². The second-order valence-corrected chi connectivity index (χ2v) is 6.47. The number of hydrogen-bond acceptors (Lipinski definition) is 5. The van der Waals surface area contributed by atoms with Gasteiger partial charge in [0, 0.05) is 33.1 Å². The first-order chi connectivity index (χ1) is 13.6. The monoisotopic (exact) mass is 383 g/mol. The average molecular weight is 383 g/mol. The molecule has 148 valence electrons. The Morgan fingerprint density at radius 3 is 2.89 bits per heavy atom. The lowest BCUT2D eigenvalue weighted by Crippen LogP contribution is -2.39. The number of para-hydroxylation sites is 1. The number of aromatic nitrogens is 5. The molecule has 0 saturated carbocycles. The molecule has 1 aromatic carbocycles. The SMILES string of the molecule is COCCn1cnnc1CN(C)C(=O)NC(C)c1ccccc1-n1cccn1. The third kappa shape index (κ3) is 4.55. The predicted molar refractivity (Wildman–Crippen MR) is 104 cm³/mol. The van der Waals surface area contributed by atoms with Gasteiger partial charge in [0.2, 0.25) is 0 Å². The summed E-state index contributed by atoms with van der Waals surface area (Å²) in [5.74, 6) is 0.708. The van der Waals surface area contributed by atoms with E-state index in [-0.39, 0.29) is 12.1 Å². The van der Waals surface area contributed by atoms with Gasteiger partial charge in [0.15, 0.2) is 5.82 Å². The summed E-state index contributed by atoms with van der Waals surface area (Å²) >= 11 is 0. The zero-order valence-corrected chi connectivity index (χ0v) is 16.3. The third-order valence-corrected chi connectivity index (χ3v) is 4.45. The van der Waals surface area contributed by atoms with Crippen LogP contribution in [0.25, 0.3) is 5.69 Å². The zero-order chi connectivity index (χ0) is 19.9. The van der Waals surface area contributed by atoms with E-state index in [9.17, 15) is 4.79 Å². The minimum atomic E-state index is -0.193. The van der Waals surface area contributed by atoms with Crippen molar-refractivity contribution in [3.8, 4) is 5.69 Å². The van der Waals surface area contributed by atoms with Gasteiger partial charge in [-0.2, -0.15) is 5.10 Å². The van der Waals surface area contributed by atoms with Gasteiger partial charge in [0.05, 0.1) is 24.9 Å². The van der Waals surface area contributed by atoms with Gasteiger partial charge in [0.1, 0.15) is 6.33 Å². The van der Waals surface area contributed by atoms with Gasteiger partial charge in [-0.1, -0.05) is 18.2 Å². The van der Waals surface area contributed by atoms with E-state index in [0.29, 0.717) is 25.5 Å². The Morgan fingerprint density at radius 1 is 1.32 bits per heavy atom. The van der Waals surface area contributed by atoms with E-state index in [2.05, 4.69) is 20.6 Å². The lowest BCUT2D eigenvalue weighted by atomic mass is 10.1. The molecule has 0 fully saturated rings. The van der Waals surface area contributed by atoms with Crippen LogP contribution in [0, 0.1) is 0 Å². The van der Waals surface area contributed by atoms with E-state index in [1.54, 1.807) is 36.3 Å². The summed E-state index contributed by atoms with van der Waals surface area (Å²) in [4.78, 5) is 14.3. The van der Waals surface area contributed by atoms with Gasteiger partial charge >= 0.3 is 6.03 Å². The number of hydrogen-bond donors (Lipinski definition) is 1. The minimum Gasteiger partial charge on any atom is -0.383 e. The van der Waals surface area contributed by atoms with Crippen molar-refractivity contribution >= 4 is 6.03 Å². The first-order valence-corrected chi connectivity index (χ1v) is 9.06. The maximum Gasteiger partial charge on any atom is 0.318 e. The number of nitrogens with one attached hydrogen (secondary N) is 1. The predicted octanol–water partition coefficient (Wildman–Crippen LogP) is 2.01. The van der Waals surface area contributed by atoms with E-state index in [0.717, 1.165) is 11.3 Å². The molecular weight excluding hydrogens is 358 g/mol. The molecule has 1 unspecified atom stereocenters. The summed E-state index contributed by atoms with van der Waals surface area (Å²) in [7, 11) is 3.38. The molecule has 0 bridgehead atoms. The molecule has 2 heterocycles. The van der Waals surface area contributed by atoms with Gasteiger partial charge < -0.3 is 19.5 Å². The molecule has 3 aromatic rings. The Kier molecular flexibility index (Phi) is 6.38. The normalized spacial score (nSPS) is 12.0. The Labute approximate surface area is 163 Å². The summed E-state index contributed by atoms with van der Waals surface area (Å²) in [5.41, 5.74) is 1.92. The zero-order valence-electron chi connectivity index (χ0n) is 16.3. The molecule has 1 atom stereocenters. The van der Waals surface area contributed by atoms with Crippen molar-refractivity contribution in [1.82, 2.24) is 34.8 Å². The third-order valence-electron chi connectivity index (χ3n) is 4.45. The quantitative estimate of drug-likeness (QED) is 0.643. The molecule has 0 aliphatic carbocycles. The van der Waals surface area contributed by atoms with Crippen molar-refractivity contribution in [3.05, 3.63) is 60.4 Å². The van der Waals surface area contributed by atoms with Crippen molar-refractivity contribution in [3.63, 3.8) is 0 Å². The number of rotatable bonds is 8. The number of urea groups is 1. The smallest absolute Gasteiger partial charge is 0.318 e. The highest BCUT2D eigenvalue weighted by Crippen LogP contribution is 2.21.